The molecule has 0 unspecified atom stereocenters. The molecule has 3 heteroatoms. The first-order valence-electron chi connectivity index (χ1n) is 6.85. The van der Waals surface area contributed by atoms with Crippen LogP contribution in [-0.4, -0.2) is 26.8 Å². The van der Waals surface area contributed by atoms with Crippen LogP contribution < -0.4 is 14.4 Å². The van der Waals surface area contributed by atoms with Crippen LogP contribution in [0.25, 0.3) is 0 Å². The molecule has 3 nitrogen and oxygen atoms in total. The fourth-order valence-corrected chi connectivity index (χ4v) is 2.59. The van der Waals surface area contributed by atoms with Gasteiger partial charge in [-0.25, -0.2) is 0 Å². The van der Waals surface area contributed by atoms with Crippen molar-refractivity contribution in [3.8, 4) is 11.5 Å². The molecule has 0 saturated heterocycles. The van der Waals surface area contributed by atoms with Crippen LogP contribution >= 0.6 is 0 Å². The van der Waals surface area contributed by atoms with E-state index in [1.807, 2.05) is 24.3 Å². The van der Waals surface area contributed by atoms with Crippen LogP contribution in [0.4, 0.5) is 5.69 Å². The van der Waals surface area contributed by atoms with Crippen LogP contribution in [0.5, 0.6) is 11.5 Å². The quantitative estimate of drug-likeness (QED) is 0.854. The number of fused-ring (bicyclic) bond motifs is 1. The molecule has 0 N–H and O–H groups in total. The van der Waals surface area contributed by atoms with Crippen LogP contribution in [0.3, 0.4) is 0 Å². The standard InChI is InChI=1S/C17H19NO2/c1-18-14(11-13-7-9-15(19-2)10-8-13)12-20-17-6-4-3-5-16(17)18/h3-10,14H,11-12H2,1-2H3/t14-/m0/s1. The average molecular weight is 269 g/mol. The molecule has 104 valence electrons. The van der Waals surface area contributed by atoms with Crippen molar-refractivity contribution >= 4 is 5.69 Å². The Bertz CT molecular complexity index is 580. The number of hydrogen-bond donors (Lipinski definition) is 0. The van der Waals surface area contributed by atoms with Crippen LogP contribution in [0.15, 0.2) is 48.5 Å². The highest BCUT2D eigenvalue weighted by molar-refractivity contribution is 5.60. The Hall–Kier alpha value is -2.16. The maximum absolute atomic E-state index is 5.86. The SMILES string of the molecule is COc1ccc(C[C@H]2COc3ccccc3N2C)cc1. The van der Waals surface area contributed by atoms with Crippen molar-refractivity contribution in [2.75, 3.05) is 25.7 Å². The van der Waals surface area contributed by atoms with E-state index in [0.717, 1.165) is 30.2 Å². The first kappa shape index (κ1) is 12.9. The maximum atomic E-state index is 5.86. The topological polar surface area (TPSA) is 21.7 Å². The van der Waals surface area contributed by atoms with E-state index in [1.165, 1.54) is 5.56 Å². The predicted molar refractivity (Wildman–Crippen MR) is 80.8 cm³/mol. The minimum atomic E-state index is 0.360. The van der Waals surface area contributed by atoms with Crippen molar-refractivity contribution in [1.29, 1.82) is 0 Å². The van der Waals surface area contributed by atoms with Crippen molar-refractivity contribution in [2.45, 2.75) is 12.5 Å². The molecule has 1 aliphatic heterocycles. The van der Waals surface area contributed by atoms with Gasteiger partial charge in [0.2, 0.25) is 0 Å². The second kappa shape index (κ2) is 5.45. The third kappa shape index (κ3) is 2.44. The number of anilines is 1. The molecule has 2 aromatic rings. The Morgan fingerprint density at radius 1 is 1.15 bits per heavy atom. The van der Waals surface area contributed by atoms with E-state index in [-0.39, 0.29) is 0 Å². The normalized spacial score (nSPS) is 17.3. The summed E-state index contributed by atoms with van der Waals surface area (Å²) in [4.78, 5) is 2.31. The monoisotopic (exact) mass is 269 g/mol. The highest BCUT2D eigenvalue weighted by atomic mass is 16.5. The third-order valence-electron chi connectivity index (χ3n) is 3.85. The molecule has 0 radical (unpaired) electrons. The molecule has 1 atom stereocenters. The van der Waals surface area contributed by atoms with Gasteiger partial charge in [-0.05, 0) is 36.2 Å². The highest BCUT2D eigenvalue weighted by Crippen LogP contribution is 2.33. The van der Waals surface area contributed by atoms with Crippen molar-refractivity contribution in [3.63, 3.8) is 0 Å². The van der Waals surface area contributed by atoms with E-state index in [4.69, 9.17) is 9.47 Å². The van der Waals surface area contributed by atoms with Gasteiger partial charge in [-0.3, -0.25) is 0 Å². The fraction of sp³-hybridized carbons (Fsp3) is 0.294. The molecule has 0 fully saturated rings. The lowest BCUT2D eigenvalue weighted by Crippen LogP contribution is -2.41. The number of ether oxygens (including phenoxy) is 2. The number of likely N-dealkylation sites (N-methyl/N-ethyl adjacent to an activating group) is 1. The van der Waals surface area contributed by atoms with Crippen molar-refractivity contribution in [1.82, 2.24) is 0 Å². The number of benzene rings is 2. The Morgan fingerprint density at radius 3 is 2.65 bits per heavy atom. The van der Waals surface area contributed by atoms with E-state index in [9.17, 15) is 0 Å². The van der Waals surface area contributed by atoms with Gasteiger partial charge in [0, 0.05) is 7.05 Å². The summed E-state index contributed by atoms with van der Waals surface area (Å²) in [6.07, 6.45) is 0.967. The minimum Gasteiger partial charge on any atom is -0.497 e. The fourth-order valence-electron chi connectivity index (χ4n) is 2.59. The van der Waals surface area contributed by atoms with Gasteiger partial charge in [0.25, 0.3) is 0 Å². The number of para-hydroxylation sites is 2. The molecule has 0 bridgehead atoms. The smallest absolute Gasteiger partial charge is 0.142 e. The average Bonchev–Trinajstić information content (AvgIpc) is 2.51. The molecular formula is C17H19NO2. The second-order valence-corrected chi connectivity index (χ2v) is 5.10. The molecule has 0 spiro atoms. The van der Waals surface area contributed by atoms with Crippen LogP contribution in [-0.2, 0) is 6.42 Å². The molecule has 1 heterocycles. The van der Waals surface area contributed by atoms with E-state index in [1.54, 1.807) is 7.11 Å². The number of methoxy groups -OCH3 is 1. The van der Waals surface area contributed by atoms with E-state index in [0.29, 0.717) is 6.04 Å². The van der Waals surface area contributed by atoms with Gasteiger partial charge in [0.15, 0.2) is 0 Å². The lowest BCUT2D eigenvalue weighted by Gasteiger charge is -2.36. The van der Waals surface area contributed by atoms with Crippen molar-refractivity contribution in [2.24, 2.45) is 0 Å². The largest absolute Gasteiger partial charge is 0.497 e. The second-order valence-electron chi connectivity index (χ2n) is 5.10. The molecule has 0 aromatic heterocycles. The van der Waals surface area contributed by atoms with Gasteiger partial charge in [-0.15, -0.1) is 0 Å². The minimum absolute atomic E-state index is 0.360. The molecule has 1 aliphatic rings. The first-order chi connectivity index (χ1) is 9.78. The van der Waals surface area contributed by atoms with Gasteiger partial charge < -0.3 is 14.4 Å². The molecule has 2 aromatic carbocycles. The zero-order chi connectivity index (χ0) is 13.9. The number of rotatable bonds is 3. The summed E-state index contributed by atoms with van der Waals surface area (Å²) in [7, 11) is 3.82. The Kier molecular flexibility index (Phi) is 3.50. The summed E-state index contributed by atoms with van der Waals surface area (Å²) in [6.45, 7) is 0.722. The van der Waals surface area contributed by atoms with Crippen LogP contribution in [0.2, 0.25) is 0 Å². The van der Waals surface area contributed by atoms with Crippen molar-refractivity contribution < 1.29 is 9.47 Å². The summed E-state index contributed by atoms with van der Waals surface area (Å²) in [6, 6.07) is 16.8. The van der Waals surface area contributed by atoms with Gasteiger partial charge in [0.05, 0.1) is 18.8 Å². The molecule has 3 rings (SSSR count). The Morgan fingerprint density at radius 2 is 1.90 bits per heavy atom. The maximum Gasteiger partial charge on any atom is 0.142 e. The van der Waals surface area contributed by atoms with E-state index in [2.05, 4.69) is 36.2 Å². The lowest BCUT2D eigenvalue weighted by atomic mass is 10.0. The molecule has 0 amide bonds. The zero-order valence-corrected chi connectivity index (χ0v) is 11.9. The molecule has 0 saturated carbocycles. The third-order valence-corrected chi connectivity index (χ3v) is 3.85. The molecular weight excluding hydrogens is 250 g/mol. The molecule has 20 heavy (non-hydrogen) atoms. The Labute approximate surface area is 119 Å². The first-order valence-corrected chi connectivity index (χ1v) is 6.85. The van der Waals surface area contributed by atoms with Crippen LogP contribution in [0, 0.1) is 0 Å². The van der Waals surface area contributed by atoms with Crippen molar-refractivity contribution in [3.05, 3.63) is 54.1 Å². The number of hydrogen-bond acceptors (Lipinski definition) is 3. The predicted octanol–water partition coefficient (Wildman–Crippen LogP) is 3.14. The van der Waals surface area contributed by atoms with Gasteiger partial charge in [0.1, 0.15) is 18.1 Å². The van der Waals surface area contributed by atoms with Gasteiger partial charge >= 0.3 is 0 Å². The molecule has 0 aliphatic carbocycles. The summed E-state index contributed by atoms with van der Waals surface area (Å²) in [5.74, 6) is 1.87. The Balaban J connectivity index is 1.75. The summed E-state index contributed by atoms with van der Waals surface area (Å²) >= 11 is 0. The highest BCUT2D eigenvalue weighted by Gasteiger charge is 2.24. The van der Waals surface area contributed by atoms with E-state index < -0.39 is 0 Å². The number of nitrogens with zero attached hydrogens (tertiary/aromatic N) is 1. The van der Waals surface area contributed by atoms with Crippen LogP contribution in [0.1, 0.15) is 5.56 Å². The van der Waals surface area contributed by atoms with Gasteiger partial charge in [-0.1, -0.05) is 24.3 Å². The summed E-state index contributed by atoms with van der Waals surface area (Å²) in [5.41, 5.74) is 2.46. The van der Waals surface area contributed by atoms with E-state index >= 15 is 0 Å². The summed E-state index contributed by atoms with van der Waals surface area (Å²) in [5, 5.41) is 0. The lowest BCUT2D eigenvalue weighted by molar-refractivity contribution is 0.265. The van der Waals surface area contributed by atoms with Gasteiger partial charge in [-0.2, -0.15) is 0 Å². The zero-order valence-electron chi connectivity index (χ0n) is 11.9. The summed E-state index contributed by atoms with van der Waals surface area (Å²) < 4.78 is 11.0.